The standard InChI is InChI=1S/C78H152O4/c1-6-9-12-15-18-21-24-27-30-33-34-35-36-37-38-39-40-41-42-43-44-45-46-47-50-53-56-59-62-65-68-73-78(82-77(81)72-71-76(79)80,74(4)69-66-63-60-57-54-51-48-31-28-25-22-19-16-13-10-7-2)75(5)70-67-64-61-58-55-52-49-32-29-26-23-20-17-14-11-8-3/h71-72,74-75H,6-70,73H2,1-5H3,(H,79,80)/b72-71-. The van der Waals surface area contributed by atoms with E-state index in [1.165, 1.54) is 404 Å². The predicted molar refractivity (Wildman–Crippen MR) is 366 cm³/mol. The maximum absolute atomic E-state index is 13.5. The van der Waals surface area contributed by atoms with Crippen molar-refractivity contribution in [2.45, 2.75) is 464 Å². The van der Waals surface area contributed by atoms with E-state index in [0.29, 0.717) is 0 Å². The van der Waals surface area contributed by atoms with Crippen LogP contribution in [0.15, 0.2) is 12.2 Å². The summed E-state index contributed by atoms with van der Waals surface area (Å²) in [6.45, 7) is 11.6. The zero-order chi connectivity index (χ0) is 59.6. The van der Waals surface area contributed by atoms with Crippen LogP contribution >= 0.6 is 0 Å². The maximum atomic E-state index is 13.5. The number of carbonyl (C=O) groups is 2. The van der Waals surface area contributed by atoms with Gasteiger partial charge in [-0.25, -0.2) is 9.59 Å². The first-order valence-corrected chi connectivity index (χ1v) is 38.5. The molecule has 0 aromatic heterocycles. The molecule has 4 heteroatoms. The Hall–Kier alpha value is -1.32. The molecule has 0 radical (unpaired) electrons. The molecule has 2 unspecified atom stereocenters. The number of hydrogen-bond donors (Lipinski definition) is 1. The van der Waals surface area contributed by atoms with Gasteiger partial charge in [0, 0.05) is 12.2 Å². The number of carboxylic acids is 1. The molecule has 0 aromatic rings. The zero-order valence-corrected chi connectivity index (χ0v) is 57.2. The number of aliphatic carboxylic acids is 1. The van der Waals surface area contributed by atoms with E-state index in [1.54, 1.807) is 0 Å². The minimum atomic E-state index is -1.09. The molecule has 0 aromatic carbocycles. The van der Waals surface area contributed by atoms with Gasteiger partial charge < -0.3 is 9.84 Å². The minimum absolute atomic E-state index is 0.242. The molecule has 0 aliphatic rings. The van der Waals surface area contributed by atoms with Crippen molar-refractivity contribution in [2.24, 2.45) is 11.8 Å². The van der Waals surface area contributed by atoms with Crippen LogP contribution in [0.1, 0.15) is 458 Å². The smallest absolute Gasteiger partial charge is 0.331 e. The van der Waals surface area contributed by atoms with Crippen LogP contribution in [-0.4, -0.2) is 22.6 Å². The highest BCUT2D eigenvalue weighted by Gasteiger charge is 2.43. The molecule has 2 atom stereocenters. The lowest BCUT2D eigenvalue weighted by Gasteiger charge is -2.44. The molecule has 0 fully saturated rings. The number of ether oxygens (including phenoxy) is 1. The van der Waals surface area contributed by atoms with Crippen LogP contribution in [0.5, 0.6) is 0 Å². The SMILES string of the molecule is CCCCCCCCCCCCCCCCCCCCCCCCCCCCCCCCCC(OC(=O)/C=C\C(=O)O)(C(C)CCCCCCCCCCCCCCCCCC)C(C)CCCCCCCCCCCCCCCCCC. The van der Waals surface area contributed by atoms with E-state index in [-0.39, 0.29) is 11.8 Å². The highest BCUT2D eigenvalue weighted by molar-refractivity contribution is 5.90. The highest BCUT2D eigenvalue weighted by Crippen LogP contribution is 2.42. The van der Waals surface area contributed by atoms with Crippen molar-refractivity contribution in [3.05, 3.63) is 12.2 Å². The molecular weight excluding hydrogens is 1000 g/mol. The van der Waals surface area contributed by atoms with Gasteiger partial charge in [0.1, 0.15) is 5.60 Å². The van der Waals surface area contributed by atoms with Gasteiger partial charge >= 0.3 is 11.9 Å². The molecule has 0 aliphatic carbocycles. The molecule has 488 valence electrons. The Morgan fingerprint density at radius 2 is 0.451 bits per heavy atom. The second kappa shape index (κ2) is 67.2. The number of unbranched alkanes of at least 4 members (excludes halogenated alkanes) is 60. The van der Waals surface area contributed by atoms with Crippen molar-refractivity contribution in [2.75, 3.05) is 0 Å². The maximum Gasteiger partial charge on any atom is 0.331 e. The van der Waals surface area contributed by atoms with Crippen LogP contribution in [-0.2, 0) is 14.3 Å². The molecule has 0 spiro atoms. The molecule has 0 amide bonds. The van der Waals surface area contributed by atoms with Crippen LogP contribution in [0, 0.1) is 11.8 Å². The molecule has 0 saturated carbocycles. The second-order valence-corrected chi connectivity index (χ2v) is 27.4. The lowest BCUT2D eigenvalue weighted by molar-refractivity contribution is -0.171. The summed E-state index contributed by atoms with van der Waals surface area (Å²) in [5.74, 6) is -1.08. The van der Waals surface area contributed by atoms with Crippen LogP contribution in [0.4, 0.5) is 0 Å². The number of hydrogen-bond acceptors (Lipinski definition) is 3. The highest BCUT2D eigenvalue weighted by atomic mass is 16.6. The third-order valence-corrected chi connectivity index (χ3v) is 19.5. The molecule has 0 aliphatic heterocycles. The number of carboxylic acid groups (broad SMARTS) is 1. The van der Waals surface area contributed by atoms with Gasteiger partial charge in [0.2, 0.25) is 0 Å². The van der Waals surface area contributed by atoms with Gasteiger partial charge in [-0.15, -0.1) is 0 Å². The fraction of sp³-hybridized carbons (Fsp3) is 0.949. The Bertz CT molecular complexity index is 1230. The molecule has 0 rings (SSSR count). The zero-order valence-electron chi connectivity index (χ0n) is 57.2. The third-order valence-electron chi connectivity index (χ3n) is 19.5. The van der Waals surface area contributed by atoms with E-state index in [4.69, 9.17) is 4.74 Å². The van der Waals surface area contributed by atoms with Crippen LogP contribution in [0.3, 0.4) is 0 Å². The predicted octanol–water partition coefficient (Wildman–Crippen LogP) is 28.0. The Labute approximate surface area is 516 Å². The molecule has 4 nitrogen and oxygen atoms in total. The molecule has 0 saturated heterocycles. The summed E-state index contributed by atoms with van der Waals surface area (Å²) in [7, 11) is 0. The first kappa shape index (κ1) is 80.7. The first-order valence-electron chi connectivity index (χ1n) is 38.5. The van der Waals surface area contributed by atoms with E-state index in [9.17, 15) is 14.7 Å². The Morgan fingerprint density at radius 1 is 0.280 bits per heavy atom. The molecule has 1 N–H and O–H groups in total. The Morgan fingerprint density at radius 3 is 0.634 bits per heavy atom. The average molecular weight is 1150 g/mol. The van der Waals surface area contributed by atoms with Crippen LogP contribution < -0.4 is 0 Å². The van der Waals surface area contributed by atoms with Crippen LogP contribution in [0.2, 0.25) is 0 Å². The summed E-state index contributed by atoms with van der Waals surface area (Å²) in [4.78, 5) is 25.0. The molecule has 0 heterocycles. The number of esters is 1. The molecule has 0 bridgehead atoms. The lowest BCUT2D eigenvalue weighted by atomic mass is 9.71. The van der Waals surface area contributed by atoms with Gasteiger partial charge in [-0.05, 0) is 37.5 Å². The topological polar surface area (TPSA) is 63.6 Å². The normalized spacial score (nSPS) is 13.3. The largest absolute Gasteiger partial charge is 0.478 e. The fourth-order valence-corrected chi connectivity index (χ4v) is 13.7. The van der Waals surface area contributed by atoms with Crippen molar-refractivity contribution >= 4 is 11.9 Å². The van der Waals surface area contributed by atoms with Gasteiger partial charge in [-0.1, -0.05) is 433 Å². The van der Waals surface area contributed by atoms with Gasteiger partial charge in [0.25, 0.3) is 0 Å². The van der Waals surface area contributed by atoms with Gasteiger partial charge in [-0.3, -0.25) is 0 Å². The van der Waals surface area contributed by atoms with Crippen molar-refractivity contribution in [1.29, 1.82) is 0 Å². The minimum Gasteiger partial charge on any atom is -0.478 e. The molecular formula is C78H152O4. The van der Waals surface area contributed by atoms with Crippen molar-refractivity contribution in [3.63, 3.8) is 0 Å². The van der Waals surface area contributed by atoms with Crippen molar-refractivity contribution in [1.82, 2.24) is 0 Å². The van der Waals surface area contributed by atoms with E-state index >= 15 is 0 Å². The summed E-state index contributed by atoms with van der Waals surface area (Å²) >= 11 is 0. The van der Waals surface area contributed by atoms with E-state index in [2.05, 4.69) is 34.6 Å². The number of rotatable bonds is 71. The van der Waals surface area contributed by atoms with Gasteiger partial charge in [0.15, 0.2) is 0 Å². The van der Waals surface area contributed by atoms with E-state index in [1.807, 2.05) is 0 Å². The Kier molecular flexibility index (Phi) is 66.1. The summed E-state index contributed by atoms with van der Waals surface area (Å²) < 4.78 is 6.65. The van der Waals surface area contributed by atoms with Gasteiger partial charge in [0.05, 0.1) is 0 Å². The summed E-state index contributed by atoms with van der Waals surface area (Å²) in [5, 5.41) is 9.43. The van der Waals surface area contributed by atoms with Crippen molar-refractivity contribution < 1.29 is 19.4 Å². The molecule has 82 heavy (non-hydrogen) atoms. The first-order chi connectivity index (χ1) is 40.3. The van der Waals surface area contributed by atoms with Crippen molar-refractivity contribution in [3.8, 4) is 0 Å². The van der Waals surface area contributed by atoms with Gasteiger partial charge in [-0.2, -0.15) is 0 Å². The van der Waals surface area contributed by atoms with E-state index in [0.717, 1.165) is 31.8 Å². The fourth-order valence-electron chi connectivity index (χ4n) is 13.7. The quantitative estimate of drug-likeness (QED) is 0.0374. The number of carbonyl (C=O) groups excluding carboxylic acids is 1. The summed E-state index contributed by atoms with van der Waals surface area (Å²) in [5.41, 5.74) is -0.559. The Balaban J connectivity index is 4.71. The average Bonchev–Trinajstić information content (AvgIpc) is 3.64. The lowest BCUT2D eigenvalue weighted by Crippen LogP contribution is -2.47. The summed E-state index contributed by atoms with van der Waals surface area (Å²) in [6, 6.07) is 0. The monoisotopic (exact) mass is 1150 g/mol. The second-order valence-electron chi connectivity index (χ2n) is 27.4. The third kappa shape index (κ3) is 57.7. The summed E-state index contributed by atoms with van der Waals surface area (Å²) in [6.07, 6.45) is 92.7. The van der Waals surface area contributed by atoms with E-state index < -0.39 is 17.5 Å². The van der Waals surface area contributed by atoms with Crippen LogP contribution in [0.25, 0.3) is 0 Å².